The van der Waals surface area contributed by atoms with Gasteiger partial charge in [-0.25, -0.2) is 14.8 Å². The summed E-state index contributed by atoms with van der Waals surface area (Å²) in [7, 11) is 0. The van der Waals surface area contributed by atoms with E-state index in [4.69, 9.17) is 10.8 Å². The number of hydrazine groups is 1. The van der Waals surface area contributed by atoms with E-state index in [-0.39, 0.29) is 11.8 Å². The van der Waals surface area contributed by atoms with Gasteiger partial charge in [0.15, 0.2) is 0 Å². The molecule has 6 nitrogen and oxygen atoms in total. The van der Waals surface area contributed by atoms with Gasteiger partial charge in [-0.15, -0.1) is 0 Å². The van der Waals surface area contributed by atoms with Crippen LogP contribution in [0.4, 0.5) is 4.79 Å². The van der Waals surface area contributed by atoms with Crippen LogP contribution < -0.4 is 5.73 Å². The Morgan fingerprint density at radius 3 is 2.44 bits per heavy atom. The molecule has 1 fully saturated rings. The lowest BCUT2D eigenvalue weighted by atomic mass is 9.99. The van der Waals surface area contributed by atoms with E-state index in [0.29, 0.717) is 19.5 Å². The number of carbonyl (C=O) groups excluding carboxylic acids is 1. The number of nitrogens with zero attached hydrogens (tertiary/aromatic N) is 2. The molecule has 0 radical (unpaired) electrons. The standard InChI is InChI=1S/C10H19N3O3/c1-3-7(2)8(11)9(14)12-5-4-6-13(12)10(15)16/h7-8H,3-6,11H2,1-2H3,(H,15,16). The van der Waals surface area contributed by atoms with E-state index in [9.17, 15) is 9.59 Å². The van der Waals surface area contributed by atoms with Crippen LogP contribution in [0.5, 0.6) is 0 Å². The van der Waals surface area contributed by atoms with Crippen molar-refractivity contribution in [1.29, 1.82) is 0 Å². The van der Waals surface area contributed by atoms with Crippen LogP contribution in [0.1, 0.15) is 26.7 Å². The van der Waals surface area contributed by atoms with Crippen LogP contribution in [0.25, 0.3) is 0 Å². The van der Waals surface area contributed by atoms with Gasteiger partial charge in [-0.05, 0) is 12.3 Å². The van der Waals surface area contributed by atoms with E-state index in [1.54, 1.807) is 0 Å². The summed E-state index contributed by atoms with van der Waals surface area (Å²) < 4.78 is 0. The summed E-state index contributed by atoms with van der Waals surface area (Å²) >= 11 is 0. The topological polar surface area (TPSA) is 86.9 Å². The first-order valence-corrected chi connectivity index (χ1v) is 5.56. The Morgan fingerprint density at radius 2 is 1.94 bits per heavy atom. The van der Waals surface area contributed by atoms with Gasteiger partial charge >= 0.3 is 6.09 Å². The molecule has 1 heterocycles. The van der Waals surface area contributed by atoms with Crippen molar-refractivity contribution in [3.63, 3.8) is 0 Å². The molecular formula is C10H19N3O3. The van der Waals surface area contributed by atoms with Gasteiger partial charge in [-0.2, -0.15) is 0 Å². The average molecular weight is 229 g/mol. The molecule has 2 atom stereocenters. The molecule has 6 heteroatoms. The molecule has 3 N–H and O–H groups in total. The van der Waals surface area contributed by atoms with Gasteiger partial charge in [0, 0.05) is 13.1 Å². The van der Waals surface area contributed by atoms with Gasteiger partial charge in [0.2, 0.25) is 0 Å². The Labute approximate surface area is 95.0 Å². The molecule has 0 aromatic heterocycles. The van der Waals surface area contributed by atoms with Crippen LogP contribution >= 0.6 is 0 Å². The number of hydrogen-bond acceptors (Lipinski definition) is 3. The Kier molecular flexibility index (Phi) is 4.12. The highest BCUT2D eigenvalue weighted by atomic mass is 16.4. The van der Waals surface area contributed by atoms with Crippen molar-refractivity contribution < 1.29 is 14.7 Å². The summed E-state index contributed by atoms with van der Waals surface area (Å²) in [5.74, 6) is -0.238. The third kappa shape index (κ3) is 2.44. The zero-order valence-electron chi connectivity index (χ0n) is 9.72. The second-order valence-corrected chi connectivity index (χ2v) is 4.13. The molecule has 0 aromatic rings. The van der Waals surface area contributed by atoms with Gasteiger partial charge < -0.3 is 10.8 Å². The lowest BCUT2D eigenvalue weighted by Crippen LogP contribution is -2.52. The van der Waals surface area contributed by atoms with Crippen molar-refractivity contribution in [3.05, 3.63) is 0 Å². The highest BCUT2D eigenvalue weighted by molar-refractivity contribution is 5.84. The molecule has 1 aliphatic rings. The lowest BCUT2D eigenvalue weighted by Gasteiger charge is -2.29. The van der Waals surface area contributed by atoms with Crippen LogP contribution in [0, 0.1) is 5.92 Å². The monoisotopic (exact) mass is 229 g/mol. The second-order valence-electron chi connectivity index (χ2n) is 4.13. The maximum absolute atomic E-state index is 12.0. The zero-order chi connectivity index (χ0) is 12.3. The van der Waals surface area contributed by atoms with E-state index in [1.165, 1.54) is 5.01 Å². The number of amides is 2. The summed E-state index contributed by atoms with van der Waals surface area (Å²) in [6, 6.07) is -0.620. The fraction of sp³-hybridized carbons (Fsp3) is 0.800. The summed E-state index contributed by atoms with van der Waals surface area (Å²) in [6.07, 6.45) is 0.376. The molecule has 0 aromatic carbocycles. The minimum atomic E-state index is -1.10. The number of carbonyl (C=O) groups is 2. The van der Waals surface area contributed by atoms with E-state index < -0.39 is 12.1 Å². The Balaban J connectivity index is 2.69. The van der Waals surface area contributed by atoms with Crippen molar-refractivity contribution in [1.82, 2.24) is 10.0 Å². The van der Waals surface area contributed by atoms with Crippen LogP contribution in [-0.2, 0) is 4.79 Å². The molecule has 2 unspecified atom stereocenters. The molecule has 0 bridgehead atoms. The van der Waals surface area contributed by atoms with Crippen molar-refractivity contribution in [2.45, 2.75) is 32.7 Å². The van der Waals surface area contributed by atoms with E-state index in [0.717, 1.165) is 11.4 Å². The smallest absolute Gasteiger partial charge is 0.426 e. The highest BCUT2D eigenvalue weighted by Crippen LogP contribution is 2.15. The molecule has 1 saturated heterocycles. The van der Waals surface area contributed by atoms with E-state index >= 15 is 0 Å². The molecule has 0 saturated carbocycles. The van der Waals surface area contributed by atoms with Crippen LogP contribution in [0.2, 0.25) is 0 Å². The van der Waals surface area contributed by atoms with Gasteiger partial charge in [-0.1, -0.05) is 20.3 Å². The van der Waals surface area contributed by atoms with Crippen molar-refractivity contribution in [2.24, 2.45) is 11.7 Å². The largest absolute Gasteiger partial charge is 0.464 e. The third-order valence-corrected chi connectivity index (χ3v) is 3.05. The maximum atomic E-state index is 12.0. The zero-order valence-corrected chi connectivity index (χ0v) is 9.72. The summed E-state index contributed by atoms with van der Waals surface area (Å²) in [6.45, 7) is 4.66. The van der Waals surface area contributed by atoms with Gasteiger partial charge in [0.25, 0.3) is 5.91 Å². The first-order chi connectivity index (χ1) is 7.49. The Bertz CT molecular complexity index is 282. The number of rotatable bonds is 3. The van der Waals surface area contributed by atoms with Gasteiger partial charge in [0.05, 0.1) is 6.04 Å². The molecule has 2 amide bonds. The molecule has 1 rings (SSSR count). The average Bonchev–Trinajstić information content (AvgIpc) is 2.74. The first kappa shape index (κ1) is 12.8. The predicted molar refractivity (Wildman–Crippen MR) is 58.5 cm³/mol. The molecule has 0 aliphatic carbocycles. The predicted octanol–water partition coefficient (Wildman–Crippen LogP) is 0.487. The maximum Gasteiger partial charge on any atom is 0.426 e. The lowest BCUT2D eigenvalue weighted by molar-refractivity contribution is -0.143. The van der Waals surface area contributed by atoms with E-state index in [1.807, 2.05) is 13.8 Å². The quantitative estimate of drug-likeness (QED) is 0.737. The van der Waals surface area contributed by atoms with E-state index in [2.05, 4.69) is 0 Å². The third-order valence-electron chi connectivity index (χ3n) is 3.05. The second kappa shape index (κ2) is 5.16. The number of carboxylic acid groups (broad SMARTS) is 1. The molecule has 16 heavy (non-hydrogen) atoms. The fourth-order valence-corrected chi connectivity index (χ4v) is 1.71. The number of hydrogen-bond donors (Lipinski definition) is 2. The summed E-state index contributed by atoms with van der Waals surface area (Å²) in [5.41, 5.74) is 5.80. The molecular weight excluding hydrogens is 210 g/mol. The normalized spacial score (nSPS) is 19.7. The van der Waals surface area contributed by atoms with Crippen LogP contribution in [-0.4, -0.2) is 46.3 Å². The Hall–Kier alpha value is -1.30. The first-order valence-electron chi connectivity index (χ1n) is 5.56. The van der Waals surface area contributed by atoms with Gasteiger partial charge in [0.1, 0.15) is 0 Å². The molecule has 0 spiro atoms. The van der Waals surface area contributed by atoms with Crippen LogP contribution in [0.3, 0.4) is 0 Å². The van der Waals surface area contributed by atoms with Crippen LogP contribution in [0.15, 0.2) is 0 Å². The summed E-state index contributed by atoms with van der Waals surface area (Å²) in [4.78, 5) is 22.8. The van der Waals surface area contributed by atoms with Crippen molar-refractivity contribution in [2.75, 3.05) is 13.1 Å². The number of nitrogens with two attached hydrogens (primary N) is 1. The highest BCUT2D eigenvalue weighted by Gasteiger charge is 2.34. The van der Waals surface area contributed by atoms with Gasteiger partial charge in [-0.3, -0.25) is 4.79 Å². The van der Waals surface area contributed by atoms with Crippen molar-refractivity contribution >= 4 is 12.0 Å². The SMILES string of the molecule is CCC(C)C(N)C(=O)N1CCCN1C(=O)O. The summed E-state index contributed by atoms with van der Waals surface area (Å²) in [5, 5.41) is 11.2. The Morgan fingerprint density at radius 1 is 1.38 bits per heavy atom. The molecule has 1 aliphatic heterocycles. The molecule has 92 valence electrons. The van der Waals surface area contributed by atoms with Crippen molar-refractivity contribution in [3.8, 4) is 0 Å². The minimum absolute atomic E-state index is 0.0590. The fourth-order valence-electron chi connectivity index (χ4n) is 1.71. The minimum Gasteiger partial charge on any atom is -0.464 e.